The van der Waals surface area contributed by atoms with Crippen molar-refractivity contribution in [3.05, 3.63) is 0 Å². The molecule has 4 heteroatoms. The Morgan fingerprint density at radius 3 is 2.12 bits per heavy atom. The lowest BCUT2D eigenvalue weighted by atomic mass is 10.4. The fraction of sp³-hybridized carbons (Fsp3) is 1.00. The molecule has 0 aliphatic carbocycles. The van der Waals surface area contributed by atoms with Crippen molar-refractivity contribution < 1.29 is 14.9 Å². The van der Waals surface area contributed by atoms with Gasteiger partial charge in [-0.15, -0.1) is 0 Å². The van der Waals surface area contributed by atoms with Crippen LogP contribution in [0.3, 0.4) is 0 Å². The van der Waals surface area contributed by atoms with Gasteiger partial charge in [0.05, 0.1) is 0 Å². The molecule has 0 heterocycles. The molecule has 0 fully saturated rings. The average Bonchev–Trinajstić information content (AvgIpc) is 1.66. The van der Waals surface area contributed by atoms with E-state index in [1.54, 1.807) is 0 Å². The maximum atomic E-state index is 8.32. The molecule has 3 N–H and O–H groups in total. The third-order valence-electron chi connectivity index (χ3n) is 0.766. The first kappa shape index (κ1) is 8.31. The van der Waals surface area contributed by atoms with Gasteiger partial charge >= 0.3 is 0 Å². The van der Waals surface area contributed by atoms with Crippen LogP contribution in [-0.4, -0.2) is 27.7 Å². The van der Waals surface area contributed by atoms with Crippen LogP contribution in [0.25, 0.3) is 0 Å². The van der Waals surface area contributed by atoms with Gasteiger partial charge in [0, 0.05) is 12.8 Å². The summed E-state index contributed by atoms with van der Waals surface area (Å²) in [5.74, 6) is 0. The van der Waals surface area contributed by atoms with E-state index < -0.39 is 8.38 Å². The van der Waals surface area contributed by atoms with E-state index in [1.165, 1.54) is 0 Å². The highest BCUT2D eigenvalue weighted by molar-refractivity contribution is 7.45. The third kappa shape index (κ3) is 6.31. The summed E-state index contributed by atoms with van der Waals surface area (Å²) < 4.78 is 0. The van der Waals surface area contributed by atoms with Crippen LogP contribution in [0.5, 0.6) is 0 Å². The number of aliphatic hydroxyl groups excluding tert-OH is 1. The SMILES string of the molecule is OCCCCP(O)O. The lowest BCUT2D eigenvalue weighted by Gasteiger charge is -1.97. The first-order valence-corrected chi connectivity index (χ1v) is 3.96. The van der Waals surface area contributed by atoms with Gasteiger partial charge in [0.2, 0.25) is 0 Å². The van der Waals surface area contributed by atoms with E-state index in [1.807, 2.05) is 0 Å². The van der Waals surface area contributed by atoms with Gasteiger partial charge in [-0.2, -0.15) is 0 Å². The number of aliphatic hydroxyl groups is 1. The minimum atomic E-state index is -1.72. The minimum Gasteiger partial charge on any atom is -0.396 e. The molecule has 0 unspecified atom stereocenters. The standard InChI is InChI=1S/C4H11O3P/c5-3-1-2-4-8(6)7/h5-7H,1-4H2. The molecule has 0 radical (unpaired) electrons. The van der Waals surface area contributed by atoms with Crippen molar-refractivity contribution in [1.29, 1.82) is 0 Å². The first-order valence-electron chi connectivity index (χ1n) is 2.53. The van der Waals surface area contributed by atoms with Gasteiger partial charge in [-0.1, -0.05) is 0 Å². The maximum absolute atomic E-state index is 8.32. The normalized spacial score (nSPS) is 10.5. The quantitative estimate of drug-likeness (QED) is 0.380. The smallest absolute Gasteiger partial charge is 0.164 e. The average molecular weight is 138 g/mol. The van der Waals surface area contributed by atoms with Crippen molar-refractivity contribution in [1.82, 2.24) is 0 Å². The summed E-state index contributed by atoms with van der Waals surface area (Å²) in [7, 11) is -1.72. The third-order valence-corrected chi connectivity index (χ3v) is 1.48. The van der Waals surface area contributed by atoms with Crippen molar-refractivity contribution in [3.63, 3.8) is 0 Å². The summed E-state index contributed by atoms with van der Waals surface area (Å²) in [5.41, 5.74) is 0. The molecular formula is C4H11O3P. The lowest BCUT2D eigenvalue weighted by molar-refractivity contribution is 0.286. The molecule has 0 saturated heterocycles. The van der Waals surface area contributed by atoms with Gasteiger partial charge in [0.15, 0.2) is 8.38 Å². The summed E-state index contributed by atoms with van der Waals surface area (Å²) in [6.45, 7) is 0.142. The monoisotopic (exact) mass is 138 g/mol. The van der Waals surface area contributed by atoms with E-state index in [4.69, 9.17) is 14.9 Å². The molecule has 0 aliphatic heterocycles. The maximum Gasteiger partial charge on any atom is 0.164 e. The van der Waals surface area contributed by atoms with Crippen molar-refractivity contribution in [2.24, 2.45) is 0 Å². The van der Waals surface area contributed by atoms with Crippen LogP contribution in [-0.2, 0) is 0 Å². The summed E-state index contributed by atoms with van der Waals surface area (Å²) in [4.78, 5) is 16.6. The van der Waals surface area contributed by atoms with E-state index in [-0.39, 0.29) is 6.61 Å². The van der Waals surface area contributed by atoms with Crippen molar-refractivity contribution in [2.45, 2.75) is 12.8 Å². The molecule has 0 aliphatic rings. The zero-order valence-corrected chi connectivity index (χ0v) is 5.51. The number of unbranched alkanes of at least 4 members (excludes halogenated alkanes) is 1. The highest BCUT2D eigenvalue weighted by atomic mass is 31.2. The summed E-state index contributed by atoms with van der Waals surface area (Å²) in [5, 5.41) is 8.22. The molecule has 0 amide bonds. The molecule has 0 spiro atoms. The molecule has 0 bridgehead atoms. The molecule has 0 aromatic carbocycles. The van der Waals surface area contributed by atoms with Crippen LogP contribution in [0.15, 0.2) is 0 Å². The Morgan fingerprint density at radius 1 is 1.12 bits per heavy atom. The summed E-state index contributed by atoms with van der Waals surface area (Å²) in [6.07, 6.45) is 1.80. The molecule has 3 nitrogen and oxygen atoms in total. The number of hydrogen-bond acceptors (Lipinski definition) is 3. The zero-order valence-electron chi connectivity index (χ0n) is 4.62. The van der Waals surface area contributed by atoms with Gasteiger partial charge in [0.1, 0.15) is 0 Å². The predicted octanol–water partition coefficient (Wildman–Crippen LogP) is 0.0554. The predicted molar refractivity (Wildman–Crippen MR) is 32.5 cm³/mol. The molecule has 0 aromatic heterocycles. The van der Waals surface area contributed by atoms with E-state index in [0.29, 0.717) is 19.0 Å². The van der Waals surface area contributed by atoms with Crippen LogP contribution < -0.4 is 0 Å². The van der Waals surface area contributed by atoms with Gasteiger partial charge in [-0.3, -0.25) is 0 Å². The molecule has 50 valence electrons. The van der Waals surface area contributed by atoms with Crippen LogP contribution in [0, 0.1) is 0 Å². The second-order valence-corrected chi connectivity index (χ2v) is 2.72. The fourth-order valence-electron chi connectivity index (χ4n) is 0.365. The Labute approximate surface area is 49.9 Å². The van der Waals surface area contributed by atoms with E-state index in [2.05, 4.69) is 0 Å². The van der Waals surface area contributed by atoms with E-state index in [9.17, 15) is 0 Å². The van der Waals surface area contributed by atoms with Crippen molar-refractivity contribution in [3.8, 4) is 0 Å². The van der Waals surface area contributed by atoms with Crippen molar-refractivity contribution >= 4 is 8.38 Å². The highest BCUT2D eigenvalue weighted by Gasteiger charge is 1.95. The lowest BCUT2D eigenvalue weighted by Crippen LogP contribution is -1.86. The molecule has 0 saturated carbocycles. The number of rotatable bonds is 4. The van der Waals surface area contributed by atoms with E-state index in [0.717, 1.165) is 0 Å². The van der Waals surface area contributed by atoms with Gasteiger partial charge < -0.3 is 14.9 Å². The molecule has 8 heavy (non-hydrogen) atoms. The first-order chi connectivity index (χ1) is 3.77. The summed E-state index contributed by atoms with van der Waals surface area (Å²) in [6, 6.07) is 0. The zero-order chi connectivity index (χ0) is 6.41. The van der Waals surface area contributed by atoms with Crippen LogP contribution in [0.1, 0.15) is 12.8 Å². The van der Waals surface area contributed by atoms with Crippen molar-refractivity contribution in [2.75, 3.05) is 12.8 Å². The van der Waals surface area contributed by atoms with E-state index >= 15 is 0 Å². The Balaban J connectivity index is 2.72. The Hall–Kier alpha value is 0.310. The fourth-order valence-corrected chi connectivity index (χ4v) is 0.871. The second kappa shape index (κ2) is 5.45. The summed E-state index contributed by atoms with van der Waals surface area (Å²) >= 11 is 0. The molecule has 0 rings (SSSR count). The number of hydrogen-bond donors (Lipinski definition) is 3. The molecule has 0 aromatic rings. The second-order valence-electron chi connectivity index (χ2n) is 1.53. The topological polar surface area (TPSA) is 60.7 Å². The molecular weight excluding hydrogens is 127 g/mol. The Bertz CT molecular complexity index is 48.5. The molecule has 0 atom stereocenters. The van der Waals surface area contributed by atoms with Gasteiger partial charge in [0.25, 0.3) is 0 Å². The Kier molecular flexibility index (Phi) is 5.66. The van der Waals surface area contributed by atoms with Gasteiger partial charge in [-0.05, 0) is 12.8 Å². The van der Waals surface area contributed by atoms with Crippen LogP contribution >= 0.6 is 8.38 Å². The highest BCUT2D eigenvalue weighted by Crippen LogP contribution is 2.23. The largest absolute Gasteiger partial charge is 0.396 e. The minimum absolute atomic E-state index is 0.142. The van der Waals surface area contributed by atoms with Gasteiger partial charge in [-0.25, -0.2) is 0 Å². The Morgan fingerprint density at radius 2 is 1.75 bits per heavy atom. The van der Waals surface area contributed by atoms with Crippen LogP contribution in [0.2, 0.25) is 0 Å². The van der Waals surface area contributed by atoms with Crippen LogP contribution in [0.4, 0.5) is 0 Å².